The largest absolute Gasteiger partial charge is 0.0616 e. The minimum atomic E-state index is 0.138. The second-order valence-electron chi connectivity index (χ2n) is 9.72. The molecule has 1 radical (unpaired) electrons. The van der Waals surface area contributed by atoms with Crippen LogP contribution in [0.25, 0.3) is 16.7 Å². The highest BCUT2D eigenvalue weighted by Crippen LogP contribution is 2.43. The van der Waals surface area contributed by atoms with Crippen LogP contribution < -0.4 is 0 Å². The maximum atomic E-state index is 2.40. The highest BCUT2D eigenvalue weighted by molar-refractivity contribution is 5.89. The van der Waals surface area contributed by atoms with Crippen LogP contribution in [-0.2, 0) is 10.8 Å². The van der Waals surface area contributed by atoms with Crippen molar-refractivity contribution in [1.82, 2.24) is 0 Å². The molecule has 0 heterocycles. The molecule has 0 saturated heterocycles. The van der Waals surface area contributed by atoms with Crippen LogP contribution in [-0.4, -0.2) is 0 Å². The van der Waals surface area contributed by atoms with E-state index in [4.69, 9.17) is 0 Å². The Morgan fingerprint density at radius 1 is 0.808 bits per heavy atom. The molecule has 0 N–H and O–H groups in total. The Balaban J connectivity index is 2.27. The quantitative estimate of drug-likeness (QED) is 0.523. The summed E-state index contributed by atoms with van der Waals surface area (Å²) in [5.41, 5.74) is 11.5. The van der Waals surface area contributed by atoms with Gasteiger partial charge >= 0.3 is 0 Å². The maximum Gasteiger partial charge on any atom is 0.0167 e. The van der Waals surface area contributed by atoms with Gasteiger partial charge in [-0.1, -0.05) is 90.4 Å². The monoisotopic (exact) mass is 345 g/mol. The van der Waals surface area contributed by atoms with E-state index in [1.807, 2.05) is 0 Å². The van der Waals surface area contributed by atoms with Gasteiger partial charge in [0.1, 0.15) is 0 Å². The Morgan fingerprint density at radius 3 is 1.88 bits per heavy atom. The molecule has 0 saturated carbocycles. The first-order chi connectivity index (χ1) is 12.0. The van der Waals surface area contributed by atoms with E-state index in [1.54, 1.807) is 0 Å². The van der Waals surface area contributed by atoms with Crippen LogP contribution in [0.2, 0.25) is 0 Å². The predicted octanol–water partition coefficient (Wildman–Crippen LogP) is 7.70. The van der Waals surface area contributed by atoms with Crippen LogP contribution in [0.15, 0.2) is 42.0 Å². The van der Waals surface area contributed by atoms with Gasteiger partial charge in [0, 0.05) is 6.42 Å². The van der Waals surface area contributed by atoms with Crippen LogP contribution in [0.5, 0.6) is 0 Å². The molecule has 0 aliphatic heterocycles. The Morgan fingerprint density at radius 2 is 1.38 bits per heavy atom. The van der Waals surface area contributed by atoms with Gasteiger partial charge in [0.25, 0.3) is 0 Å². The summed E-state index contributed by atoms with van der Waals surface area (Å²) in [6.07, 6.45) is 3.46. The minimum Gasteiger partial charge on any atom is -0.0616 e. The number of benzene rings is 2. The number of hydrogen-bond acceptors (Lipinski definition) is 0. The van der Waals surface area contributed by atoms with E-state index in [2.05, 4.69) is 98.2 Å². The van der Waals surface area contributed by atoms with Crippen molar-refractivity contribution < 1.29 is 0 Å². The molecule has 0 fully saturated rings. The van der Waals surface area contributed by atoms with Gasteiger partial charge in [-0.25, -0.2) is 0 Å². The zero-order valence-electron chi connectivity index (χ0n) is 17.7. The number of allylic oxidation sites excluding steroid dienone is 2. The van der Waals surface area contributed by atoms with Crippen molar-refractivity contribution >= 4 is 5.57 Å². The Labute approximate surface area is 160 Å². The van der Waals surface area contributed by atoms with Crippen molar-refractivity contribution in [3.8, 4) is 11.1 Å². The van der Waals surface area contributed by atoms with E-state index in [0.717, 1.165) is 6.42 Å². The summed E-state index contributed by atoms with van der Waals surface area (Å²) in [6.45, 7) is 18.4. The zero-order chi connectivity index (χ0) is 19.3. The smallest absolute Gasteiger partial charge is 0.0167 e. The predicted molar refractivity (Wildman–Crippen MR) is 116 cm³/mol. The van der Waals surface area contributed by atoms with Crippen molar-refractivity contribution in [2.45, 2.75) is 72.6 Å². The van der Waals surface area contributed by atoms with Crippen LogP contribution >= 0.6 is 0 Å². The van der Waals surface area contributed by atoms with Gasteiger partial charge in [0.2, 0.25) is 0 Å². The lowest BCUT2D eigenvalue weighted by Gasteiger charge is -2.27. The second kappa shape index (κ2) is 6.41. The average molecular weight is 346 g/mol. The molecule has 26 heavy (non-hydrogen) atoms. The Bertz CT molecular complexity index is 832. The summed E-state index contributed by atoms with van der Waals surface area (Å²) in [4.78, 5) is 0. The van der Waals surface area contributed by atoms with Gasteiger partial charge < -0.3 is 0 Å². The van der Waals surface area contributed by atoms with E-state index in [1.165, 1.54) is 44.5 Å². The molecule has 1 aliphatic carbocycles. The molecule has 3 rings (SSSR count). The van der Waals surface area contributed by atoms with E-state index >= 15 is 0 Å². The average Bonchev–Trinajstić information content (AvgIpc) is 2.89. The molecule has 0 unspecified atom stereocenters. The summed E-state index contributed by atoms with van der Waals surface area (Å²) >= 11 is 0. The van der Waals surface area contributed by atoms with Gasteiger partial charge in [0.15, 0.2) is 0 Å². The number of rotatable bonds is 2. The van der Waals surface area contributed by atoms with Crippen LogP contribution in [0.1, 0.15) is 84.1 Å². The highest BCUT2D eigenvalue weighted by atomic mass is 14.3. The van der Waals surface area contributed by atoms with Crippen LogP contribution in [0.4, 0.5) is 0 Å². The van der Waals surface area contributed by atoms with Crippen molar-refractivity contribution in [2.24, 2.45) is 0 Å². The third kappa shape index (κ3) is 3.39. The Hall–Kier alpha value is -1.82. The van der Waals surface area contributed by atoms with Crippen molar-refractivity contribution in [1.29, 1.82) is 0 Å². The van der Waals surface area contributed by atoms with E-state index < -0.39 is 0 Å². The van der Waals surface area contributed by atoms with Gasteiger partial charge in [-0.15, -0.1) is 0 Å². The summed E-state index contributed by atoms with van der Waals surface area (Å²) < 4.78 is 0. The van der Waals surface area contributed by atoms with Gasteiger partial charge in [0.05, 0.1) is 0 Å². The van der Waals surface area contributed by atoms with Crippen molar-refractivity contribution in [3.05, 3.63) is 70.6 Å². The number of fused-ring (bicyclic) bond motifs is 1. The molecule has 1 aliphatic rings. The molecule has 0 aromatic heterocycles. The molecule has 0 bridgehead atoms. The van der Waals surface area contributed by atoms with Crippen molar-refractivity contribution in [3.63, 3.8) is 0 Å². The third-order valence-corrected chi connectivity index (χ3v) is 5.64. The molecule has 137 valence electrons. The Kier molecular flexibility index (Phi) is 4.67. The second-order valence-corrected chi connectivity index (χ2v) is 9.72. The summed E-state index contributed by atoms with van der Waals surface area (Å²) in [7, 11) is 0. The molecule has 0 nitrogen and oxygen atoms in total. The summed E-state index contributed by atoms with van der Waals surface area (Å²) in [6, 6.07) is 14.0. The SMILES string of the molecule is CCC1=C(C)c2c(cccc2-c2cc(C(C)(C)C)cc(C(C)(C)C)c2)[CH]1. The lowest BCUT2D eigenvalue weighted by atomic mass is 9.78. The van der Waals surface area contributed by atoms with Crippen LogP contribution in [0, 0.1) is 6.42 Å². The normalized spacial score (nSPS) is 14.8. The molecule has 0 heteroatoms. The lowest BCUT2D eigenvalue weighted by molar-refractivity contribution is 0.569. The highest BCUT2D eigenvalue weighted by Gasteiger charge is 2.24. The maximum absolute atomic E-state index is 2.40. The molecule has 0 atom stereocenters. The fraction of sp³-hybridized carbons (Fsp3) is 0.423. The van der Waals surface area contributed by atoms with Crippen molar-refractivity contribution in [2.75, 3.05) is 0 Å². The first kappa shape index (κ1) is 19.0. The standard InChI is InChI=1S/C26H33/c1-9-18-13-19-11-10-12-23(24(19)17(18)2)20-14-21(25(3,4)5)16-22(15-20)26(6,7)8/h10-16H,9H2,1-8H3. The van der Waals surface area contributed by atoms with Crippen LogP contribution in [0.3, 0.4) is 0 Å². The van der Waals surface area contributed by atoms with Gasteiger partial charge in [-0.3, -0.25) is 0 Å². The summed E-state index contributed by atoms with van der Waals surface area (Å²) in [5, 5.41) is 0. The van der Waals surface area contributed by atoms with Gasteiger partial charge in [-0.05, 0) is 63.1 Å². The summed E-state index contributed by atoms with van der Waals surface area (Å²) in [5.74, 6) is 0. The lowest BCUT2D eigenvalue weighted by Crippen LogP contribution is -2.16. The molecule has 2 aromatic rings. The first-order valence-electron chi connectivity index (χ1n) is 9.86. The molecular weight excluding hydrogens is 312 g/mol. The van der Waals surface area contributed by atoms with Gasteiger partial charge in [-0.2, -0.15) is 0 Å². The fourth-order valence-electron chi connectivity index (χ4n) is 3.82. The topological polar surface area (TPSA) is 0 Å². The number of hydrogen-bond donors (Lipinski definition) is 0. The van der Waals surface area contributed by atoms with E-state index in [-0.39, 0.29) is 10.8 Å². The molecule has 2 aromatic carbocycles. The van der Waals surface area contributed by atoms with E-state index in [9.17, 15) is 0 Å². The fourth-order valence-corrected chi connectivity index (χ4v) is 3.82. The molecule has 0 amide bonds. The third-order valence-electron chi connectivity index (χ3n) is 5.64. The zero-order valence-corrected chi connectivity index (χ0v) is 17.7. The first-order valence-corrected chi connectivity index (χ1v) is 9.86. The minimum absolute atomic E-state index is 0.138. The van der Waals surface area contributed by atoms with E-state index in [0.29, 0.717) is 0 Å². The molecular formula is C26H33. The molecule has 0 spiro atoms.